The van der Waals surface area contributed by atoms with Crippen molar-refractivity contribution in [1.82, 2.24) is 0 Å². The van der Waals surface area contributed by atoms with Gasteiger partial charge in [-0.1, -0.05) is 22.0 Å². The first kappa shape index (κ1) is 13.4. The zero-order chi connectivity index (χ0) is 10.8. The van der Waals surface area contributed by atoms with Gasteiger partial charge >= 0.3 is 0 Å². The molecular weight excluding hydrogens is 248 g/mol. The van der Waals surface area contributed by atoms with Gasteiger partial charge in [-0.3, -0.25) is 0 Å². The molecule has 1 aromatic carbocycles. The van der Waals surface area contributed by atoms with Crippen molar-refractivity contribution >= 4 is 15.9 Å². The SMILES string of the molecule is CO.OCCCOc1cccc(Br)c1. The molecule has 0 aliphatic rings. The lowest BCUT2D eigenvalue weighted by Gasteiger charge is -2.04. The second-order valence-corrected chi connectivity index (χ2v) is 3.30. The summed E-state index contributed by atoms with van der Waals surface area (Å²) in [4.78, 5) is 0. The molecule has 2 N–H and O–H groups in total. The van der Waals surface area contributed by atoms with E-state index in [-0.39, 0.29) is 6.61 Å². The summed E-state index contributed by atoms with van der Waals surface area (Å²) in [5.41, 5.74) is 0. The van der Waals surface area contributed by atoms with Crippen LogP contribution in [0.25, 0.3) is 0 Å². The average Bonchev–Trinajstić information content (AvgIpc) is 2.21. The van der Waals surface area contributed by atoms with E-state index in [2.05, 4.69) is 15.9 Å². The minimum absolute atomic E-state index is 0.175. The van der Waals surface area contributed by atoms with Gasteiger partial charge in [-0.2, -0.15) is 0 Å². The highest BCUT2D eigenvalue weighted by molar-refractivity contribution is 9.10. The molecule has 1 aromatic rings. The molecule has 0 atom stereocenters. The van der Waals surface area contributed by atoms with Crippen LogP contribution in [0.15, 0.2) is 28.7 Å². The highest BCUT2D eigenvalue weighted by Gasteiger charge is 1.93. The van der Waals surface area contributed by atoms with Crippen LogP contribution in [0.1, 0.15) is 6.42 Å². The zero-order valence-corrected chi connectivity index (χ0v) is 9.70. The number of aliphatic hydroxyl groups is 2. The number of benzene rings is 1. The van der Waals surface area contributed by atoms with Crippen molar-refractivity contribution in [1.29, 1.82) is 0 Å². The van der Waals surface area contributed by atoms with Gasteiger partial charge in [0, 0.05) is 24.6 Å². The molecule has 0 unspecified atom stereocenters. The molecule has 0 aromatic heterocycles. The van der Waals surface area contributed by atoms with Crippen LogP contribution >= 0.6 is 15.9 Å². The minimum Gasteiger partial charge on any atom is -0.493 e. The fraction of sp³-hybridized carbons (Fsp3) is 0.400. The van der Waals surface area contributed by atoms with Crippen LogP contribution in [-0.2, 0) is 0 Å². The summed E-state index contributed by atoms with van der Waals surface area (Å²) >= 11 is 3.34. The van der Waals surface area contributed by atoms with Crippen molar-refractivity contribution in [2.75, 3.05) is 20.3 Å². The van der Waals surface area contributed by atoms with Crippen LogP contribution in [0.4, 0.5) is 0 Å². The van der Waals surface area contributed by atoms with Gasteiger partial charge in [0.1, 0.15) is 5.75 Å². The number of hydrogen-bond donors (Lipinski definition) is 2. The molecule has 0 aliphatic heterocycles. The molecule has 0 spiro atoms. The van der Waals surface area contributed by atoms with Crippen LogP contribution in [0, 0.1) is 0 Å². The van der Waals surface area contributed by atoms with Gasteiger partial charge in [0.15, 0.2) is 0 Å². The molecule has 0 heterocycles. The van der Waals surface area contributed by atoms with Gasteiger partial charge < -0.3 is 14.9 Å². The summed E-state index contributed by atoms with van der Waals surface area (Å²) in [5, 5.41) is 15.5. The van der Waals surface area contributed by atoms with E-state index in [1.54, 1.807) is 0 Å². The smallest absolute Gasteiger partial charge is 0.120 e. The third-order valence-electron chi connectivity index (χ3n) is 1.37. The van der Waals surface area contributed by atoms with Crippen molar-refractivity contribution in [3.63, 3.8) is 0 Å². The molecule has 0 bridgehead atoms. The monoisotopic (exact) mass is 262 g/mol. The Bertz CT molecular complexity index is 241. The first-order chi connectivity index (χ1) is 6.83. The molecule has 4 heteroatoms. The summed E-state index contributed by atoms with van der Waals surface area (Å²) in [6, 6.07) is 7.65. The van der Waals surface area contributed by atoms with Gasteiger partial charge in [-0.05, 0) is 18.2 Å². The molecule has 0 radical (unpaired) electrons. The largest absolute Gasteiger partial charge is 0.493 e. The fourth-order valence-corrected chi connectivity index (χ4v) is 1.19. The Labute approximate surface area is 92.5 Å². The standard InChI is InChI=1S/C9H11BrO2.CH4O/c10-8-3-1-4-9(7-8)12-6-2-5-11;1-2/h1,3-4,7,11H,2,5-6H2;2H,1H3. The van der Waals surface area contributed by atoms with Crippen molar-refractivity contribution in [3.05, 3.63) is 28.7 Å². The summed E-state index contributed by atoms with van der Waals surface area (Å²) in [7, 11) is 1.00. The van der Waals surface area contributed by atoms with Crippen LogP contribution in [0.2, 0.25) is 0 Å². The predicted molar refractivity (Wildman–Crippen MR) is 59.5 cm³/mol. The Morgan fingerprint density at radius 1 is 1.36 bits per heavy atom. The van der Waals surface area contributed by atoms with Crippen molar-refractivity contribution in [3.8, 4) is 5.75 Å². The van der Waals surface area contributed by atoms with Gasteiger partial charge in [-0.25, -0.2) is 0 Å². The maximum Gasteiger partial charge on any atom is 0.120 e. The first-order valence-electron chi connectivity index (χ1n) is 4.27. The average molecular weight is 263 g/mol. The van der Waals surface area contributed by atoms with Gasteiger partial charge in [0.2, 0.25) is 0 Å². The van der Waals surface area contributed by atoms with Crippen molar-refractivity contribution in [2.24, 2.45) is 0 Å². The number of aliphatic hydroxyl groups excluding tert-OH is 2. The summed E-state index contributed by atoms with van der Waals surface area (Å²) in [6.07, 6.45) is 0.673. The van der Waals surface area contributed by atoms with E-state index in [1.807, 2.05) is 24.3 Å². The van der Waals surface area contributed by atoms with Crippen LogP contribution in [0.3, 0.4) is 0 Å². The lowest BCUT2D eigenvalue weighted by atomic mass is 10.3. The summed E-state index contributed by atoms with van der Waals surface area (Å²) < 4.78 is 6.34. The third-order valence-corrected chi connectivity index (χ3v) is 1.86. The molecule has 3 nitrogen and oxygen atoms in total. The Hall–Kier alpha value is -0.580. The topological polar surface area (TPSA) is 49.7 Å². The van der Waals surface area contributed by atoms with E-state index in [1.165, 1.54) is 0 Å². The fourth-order valence-electron chi connectivity index (χ4n) is 0.811. The third kappa shape index (κ3) is 5.96. The maximum atomic E-state index is 8.51. The molecule has 0 saturated carbocycles. The lowest BCUT2D eigenvalue weighted by Crippen LogP contribution is -1.99. The van der Waals surface area contributed by atoms with E-state index in [0.29, 0.717) is 13.0 Å². The molecule has 0 aliphatic carbocycles. The summed E-state index contributed by atoms with van der Waals surface area (Å²) in [5.74, 6) is 0.831. The summed E-state index contributed by atoms with van der Waals surface area (Å²) in [6.45, 7) is 0.737. The zero-order valence-electron chi connectivity index (χ0n) is 8.11. The van der Waals surface area contributed by atoms with Gasteiger partial charge in [0.25, 0.3) is 0 Å². The normalized spacial score (nSPS) is 8.86. The second-order valence-electron chi connectivity index (χ2n) is 2.38. The van der Waals surface area contributed by atoms with Gasteiger partial charge in [0.05, 0.1) is 6.61 Å². The Balaban J connectivity index is 0.000000791. The Kier molecular flexibility index (Phi) is 8.62. The Morgan fingerprint density at radius 3 is 2.64 bits per heavy atom. The van der Waals surface area contributed by atoms with E-state index in [0.717, 1.165) is 17.3 Å². The highest BCUT2D eigenvalue weighted by atomic mass is 79.9. The minimum atomic E-state index is 0.175. The predicted octanol–water partition coefficient (Wildman–Crippen LogP) is 1.82. The van der Waals surface area contributed by atoms with Crippen molar-refractivity contribution in [2.45, 2.75) is 6.42 Å². The van der Waals surface area contributed by atoms with E-state index in [9.17, 15) is 0 Å². The van der Waals surface area contributed by atoms with Crippen LogP contribution in [-0.4, -0.2) is 30.5 Å². The number of rotatable bonds is 4. The quantitative estimate of drug-likeness (QED) is 0.814. The molecule has 0 amide bonds. The molecule has 0 fully saturated rings. The van der Waals surface area contributed by atoms with Gasteiger partial charge in [-0.15, -0.1) is 0 Å². The van der Waals surface area contributed by atoms with Crippen molar-refractivity contribution < 1.29 is 14.9 Å². The number of halogens is 1. The van der Waals surface area contributed by atoms with E-state index < -0.39 is 0 Å². The molecule has 1 rings (SSSR count). The van der Waals surface area contributed by atoms with E-state index in [4.69, 9.17) is 14.9 Å². The maximum absolute atomic E-state index is 8.51. The number of hydrogen-bond acceptors (Lipinski definition) is 3. The van der Waals surface area contributed by atoms with Crippen LogP contribution in [0.5, 0.6) is 5.75 Å². The van der Waals surface area contributed by atoms with Crippen LogP contribution < -0.4 is 4.74 Å². The molecule has 80 valence electrons. The molecule has 14 heavy (non-hydrogen) atoms. The molecular formula is C10H15BrO3. The van der Waals surface area contributed by atoms with E-state index >= 15 is 0 Å². The molecule has 0 saturated heterocycles. The Morgan fingerprint density at radius 2 is 2.07 bits per heavy atom. The second kappa shape index (κ2) is 8.99. The lowest BCUT2D eigenvalue weighted by molar-refractivity contribution is 0.233. The number of ether oxygens (including phenoxy) is 1. The highest BCUT2D eigenvalue weighted by Crippen LogP contribution is 2.17. The first-order valence-corrected chi connectivity index (χ1v) is 5.06.